The van der Waals surface area contributed by atoms with Crippen molar-refractivity contribution >= 4 is 34.0 Å². The summed E-state index contributed by atoms with van der Waals surface area (Å²) in [6.45, 7) is 5.50. The molecular formula is C16H19N3O2S. The summed E-state index contributed by atoms with van der Waals surface area (Å²) < 4.78 is 0. The molecule has 0 aliphatic carbocycles. The van der Waals surface area contributed by atoms with Gasteiger partial charge in [0.1, 0.15) is 0 Å². The molecule has 0 radical (unpaired) electrons. The van der Waals surface area contributed by atoms with Crippen LogP contribution in [0.5, 0.6) is 0 Å². The number of nitrogens with zero attached hydrogens (tertiary/aromatic N) is 1. The van der Waals surface area contributed by atoms with Crippen LogP contribution in [0.15, 0.2) is 29.6 Å². The average molecular weight is 317 g/mol. The van der Waals surface area contributed by atoms with Gasteiger partial charge in [-0.25, -0.2) is 4.98 Å². The van der Waals surface area contributed by atoms with E-state index in [0.717, 1.165) is 16.9 Å². The molecule has 1 heterocycles. The summed E-state index contributed by atoms with van der Waals surface area (Å²) >= 11 is 1.39. The largest absolute Gasteiger partial charge is 0.326 e. The second kappa shape index (κ2) is 7.17. The Labute approximate surface area is 133 Å². The number of thiazole rings is 1. The lowest BCUT2D eigenvalue weighted by Gasteiger charge is -2.07. The van der Waals surface area contributed by atoms with E-state index in [9.17, 15) is 9.59 Å². The van der Waals surface area contributed by atoms with Gasteiger partial charge in [0.05, 0.1) is 5.69 Å². The van der Waals surface area contributed by atoms with Crippen LogP contribution in [-0.2, 0) is 9.59 Å². The van der Waals surface area contributed by atoms with Gasteiger partial charge in [-0.2, -0.15) is 0 Å². The van der Waals surface area contributed by atoms with Crippen molar-refractivity contribution in [1.29, 1.82) is 0 Å². The Morgan fingerprint density at radius 2 is 1.86 bits per heavy atom. The zero-order chi connectivity index (χ0) is 16.1. The maximum atomic E-state index is 11.6. The van der Waals surface area contributed by atoms with E-state index in [-0.39, 0.29) is 17.7 Å². The maximum Gasteiger partial charge on any atom is 0.226 e. The number of hydrogen-bond donors (Lipinski definition) is 2. The highest BCUT2D eigenvalue weighted by atomic mass is 32.1. The summed E-state index contributed by atoms with van der Waals surface area (Å²) in [5.74, 6) is -0.110. The molecule has 0 aliphatic rings. The minimum Gasteiger partial charge on any atom is -0.326 e. The van der Waals surface area contributed by atoms with Crippen molar-refractivity contribution in [2.24, 2.45) is 5.92 Å². The Balaban J connectivity index is 2.07. The Morgan fingerprint density at radius 1 is 1.18 bits per heavy atom. The Morgan fingerprint density at radius 3 is 2.45 bits per heavy atom. The number of hydrogen-bond acceptors (Lipinski definition) is 4. The monoisotopic (exact) mass is 317 g/mol. The van der Waals surface area contributed by atoms with E-state index in [1.807, 2.05) is 43.5 Å². The number of anilines is 2. The first kappa shape index (κ1) is 16.2. The molecule has 2 amide bonds. The predicted molar refractivity (Wildman–Crippen MR) is 89.9 cm³/mol. The van der Waals surface area contributed by atoms with Crippen LogP contribution in [0.2, 0.25) is 0 Å². The van der Waals surface area contributed by atoms with Gasteiger partial charge in [-0.1, -0.05) is 32.9 Å². The van der Waals surface area contributed by atoms with Gasteiger partial charge < -0.3 is 10.6 Å². The fourth-order valence-corrected chi connectivity index (χ4v) is 2.42. The Bertz CT molecular complexity index is 662. The summed E-state index contributed by atoms with van der Waals surface area (Å²) in [6, 6.07) is 7.49. The lowest BCUT2D eigenvalue weighted by molar-refractivity contribution is -0.119. The van der Waals surface area contributed by atoms with Crippen LogP contribution in [0.3, 0.4) is 0 Å². The number of nitrogens with one attached hydrogen (secondary N) is 2. The van der Waals surface area contributed by atoms with E-state index in [1.165, 1.54) is 11.3 Å². The molecule has 1 aromatic heterocycles. The first-order valence-electron chi connectivity index (χ1n) is 7.16. The molecule has 2 rings (SSSR count). The summed E-state index contributed by atoms with van der Waals surface area (Å²) in [4.78, 5) is 27.4. The van der Waals surface area contributed by atoms with Gasteiger partial charge >= 0.3 is 0 Å². The van der Waals surface area contributed by atoms with Crippen molar-refractivity contribution in [3.8, 4) is 11.3 Å². The zero-order valence-corrected chi connectivity index (χ0v) is 13.7. The Kier molecular flexibility index (Phi) is 5.27. The minimum atomic E-state index is -0.0528. The third-order valence-electron chi connectivity index (χ3n) is 3.04. The maximum absolute atomic E-state index is 11.6. The van der Waals surface area contributed by atoms with Crippen molar-refractivity contribution in [2.75, 3.05) is 10.6 Å². The van der Waals surface area contributed by atoms with Crippen LogP contribution in [0, 0.1) is 5.92 Å². The number of aromatic nitrogens is 1. The van der Waals surface area contributed by atoms with Crippen LogP contribution >= 0.6 is 11.3 Å². The third-order valence-corrected chi connectivity index (χ3v) is 3.80. The third kappa shape index (κ3) is 4.14. The highest BCUT2D eigenvalue weighted by molar-refractivity contribution is 7.14. The van der Waals surface area contributed by atoms with Gasteiger partial charge in [0.2, 0.25) is 11.8 Å². The first-order valence-corrected chi connectivity index (χ1v) is 8.04. The van der Waals surface area contributed by atoms with Gasteiger partial charge in [-0.05, 0) is 12.1 Å². The number of carbonyl (C=O) groups is 2. The molecule has 0 aliphatic heterocycles. The smallest absolute Gasteiger partial charge is 0.226 e. The molecular weight excluding hydrogens is 298 g/mol. The SMILES string of the molecule is CCC(=O)Nc1nc(-c2ccc(NC(=O)C(C)C)cc2)cs1. The first-order chi connectivity index (χ1) is 10.5. The molecule has 1 aromatic carbocycles. The number of amides is 2. The molecule has 22 heavy (non-hydrogen) atoms. The van der Waals surface area contributed by atoms with Crippen molar-refractivity contribution in [3.05, 3.63) is 29.6 Å². The molecule has 2 N–H and O–H groups in total. The van der Waals surface area contributed by atoms with Crippen molar-refractivity contribution in [2.45, 2.75) is 27.2 Å². The Hall–Kier alpha value is -2.21. The fourth-order valence-electron chi connectivity index (χ4n) is 1.68. The van der Waals surface area contributed by atoms with Gasteiger partial charge in [0, 0.05) is 29.0 Å². The lowest BCUT2D eigenvalue weighted by atomic mass is 10.1. The standard InChI is InChI=1S/C16H19N3O2S/c1-4-14(20)19-16-18-13(9-22-16)11-5-7-12(8-6-11)17-15(21)10(2)3/h5-10H,4H2,1-3H3,(H,17,21)(H,18,19,20). The zero-order valence-electron chi connectivity index (χ0n) is 12.8. The van der Waals surface area contributed by atoms with Crippen LogP contribution in [-0.4, -0.2) is 16.8 Å². The summed E-state index contributed by atoms with van der Waals surface area (Å²) in [6.07, 6.45) is 0.430. The fraction of sp³-hybridized carbons (Fsp3) is 0.312. The topological polar surface area (TPSA) is 71.1 Å². The summed E-state index contributed by atoms with van der Waals surface area (Å²) in [5, 5.41) is 8.08. The van der Waals surface area contributed by atoms with Crippen LogP contribution in [0.25, 0.3) is 11.3 Å². The molecule has 2 aromatic rings. The van der Waals surface area contributed by atoms with Crippen LogP contribution in [0.4, 0.5) is 10.8 Å². The number of benzene rings is 1. The average Bonchev–Trinajstić information content (AvgIpc) is 2.96. The molecule has 0 saturated carbocycles. The summed E-state index contributed by atoms with van der Waals surface area (Å²) in [7, 11) is 0. The molecule has 0 bridgehead atoms. The van der Waals surface area contributed by atoms with E-state index in [0.29, 0.717) is 11.6 Å². The van der Waals surface area contributed by atoms with Crippen LogP contribution in [0.1, 0.15) is 27.2 Å². The second-order valence-electron chi connectivity index (χ2n) is 5.16. The molecule has 0 spiro atoms. The second-order valence-corrected chi connectivity index (χ2v) is 6.02. The minimum absolute atomic E-state index is 0.00836. The van der Waals surface area contributed by atoms with Gasteiger partial charge in [0.15, 0.2) is 5.13 Å². The van der Waals surface area contributed by atoms with Gasteiger partial charge in [0.25, 0.3) is 0 Å². The van der Waals surface area contributed by atoms with Crippen LogP contribution < -0.4 is 10.6 Å². The molecule has 116 valence electrons. The molecule has 6 heteroatoms. The molecule has 0 atom stereocenters. The highest BCUT2D eigenvalue weighted by Gasteiger charge is 2.09. The van der Waals surface area contributed by atoms with E-state index in [2.05, 4.69) is 15.6 Å². The van der Waals surface area contributed by atoms with Crippen molar-refractivity contribution in [3.63, 3.8) is 0 Å². The summed E-state index contributed by atoms with van der Waals surface area (Å²) in [5.41, 5.74) is 2.51. The van der Waals surface area contributed by atoms with Gasteiger partial charge in [-0.15, -0.1) is 11.3 Å². The van der Waals surface area contributed by atoms with E-state index >= 15 is 0 Å². The van der Waals surface area contributed by atoms with Crippen molar-refractivity contribution in [1.82, 2.24) is 4.98 Å². The normalized spacial score (nSPS) is 10.5. The van der Waals surface area contributed by atoms with E-state index in [4.69, 9.17) is 0 Å². The molecule has 0 saturated heterocycles. The number of carbonyl (C=O) groups excluding carboxylic acids is 2. The number of rotatable bonds is 5. The van der Waals surface area contributed by atoms with E-state index in [1.54, 1.807) is 6.92 Å². The predicted octanol–water partition coefficient (Wildman–Crippen LogP) is 3.75. The molecule has 0 unspecified atom stereocenters. The van der Waals surface area contributed by atoms with Gasteiger partial charge in [-0.3, -0.25) is 9.59 Å². The quantitative estimate of drug-likeness (QED) is 0.882. The molecule has 5 nitrogen and oxygen atoms in total. The lowest BCUT2D eigenvalue weighted by Crippen LogP contribution is -2.17. The van der Waals surface area contributed by atoms with Crippen molar-refractivity contribution < 1.29 is 9.59 Å². The van der Waals surface area contributed by atoms with E-state index < -0.39 is 0 Å². The molecule has 0 fully saturated rings. The highest BCUT2D eigenvalue weighted by Crippen LogP contribution is 2.26.